The van der Waals surface area contributed by atoms with E-state index in [1.54, 1.807) is 0 Å². The van der Waals surface area contributed by atoms with Crippen molar-refractivity contribution < 1.29 is 14.7 Å². The van der Waals surface area contributed by atoms with Gasteiger partial charge in [0.2, 0.25) is 0 Å². The van der Waals surface area contributed by atoms with Gasteiger partial charge in [-0.3, -0.25) is 0 Å². The van der Waals surface area contributed by atoms with Crippen LogP contribution in [0.1, 0.15) is 109 Å². The first-order chi connectivity index (χ1) is 13.7. The van der Waals surface area contributed by atoms with E-state index in [4.69, 9.17) is 4.74 Å². The summed E-state index contributed by atoms with van der Waals surface area (Å²) in [4.78, 5) is 12.5. The molecule has 160 valence electrons. The molecular formula is C24H41NO3. The van der Waals surface area contributed by atoms with E-state index in [9.17, 15) is 10.0 Å². The smallest absolute Gasteiger partial charge is 0.330 e. The second-order valence-corrected chi connectivity index (χ2v) is 7.79. The van der Waals surface area contributed by atoms with Crippen LogP contribution < -0.4 is 5.48 Å². The average molecular weight is 392 g/mol. The maximum atomic E-state index is 12.5. The van der Waals surface area contributed by atoms with Crippen LogP contribution in [0.4, 0.5) is 0 Å². The zero-order chi connectivity index (χ0) is 20.5. The van der Waals surface area contributed by atoms with Gasteiger partial charge < -0.3 is 9.94 Å². The zero-order valence-electron chi connectivity index (χ0n) is 18.0. The Morgan fingerprint density at radius 2 is 1.43 bits per heavy atom. The summed E-state index contributed by atoms with van der Waals surface area (Å²) in [5, 5.41) is 9.41. The molecule has 0 saturated heterocycles. The Hall–Kier alpha value is -1.39. The van der Waals surface area contributed by atoms with Crippen LogP contribution in [0, 0.1) is 0 Å². The number of hydrogen-bond acceptors (Lipinski definition) is 4. The SMILES string of the molecule is CCCCCCCCCCCCC(CCC)OC(=O)C(NO)c1ccccc1. The number of carbonyl (C=O) groups excluding carboxylic acids is 1. The zero-order valence-corrected chi connectivity index (χ0v) is 18.0. The summed E-state index contributed by atoms with van der Waals surface area (Å²) in [5.41, 5.74) is 2.81. The highest BCUT2D eigenvalue weighted by Crippen LogP contribution is 2.19. The molecule has 4 nitrogen and oxygen atoms in total. The van der Waals surface area contributed by atoms with E-state index in [2.05, 4.69) is 19.3 Å². The molecule has 0 radical (unpaired) electrons. The van der Waals surface area contributed by atoms with Crippen LogP contribution in [0.5, 0.6) is 0 Å². The van der Waals surface area contributed by atoms with Gasteiger partial charge in [0, 0.05) is 0 Å². The van der Waals surface area contributed by atoms with Gasteiger partial charge in [0.05, 0.1) is 0 Å². The van der Waals surface area contributed by atoms with E-state index in [-0.39, 0.29) is 6.10 Å². The second kappa shape index (κ2) is 16.6. The molecule has 1 aromatic rings. The molecule has 0 saturated carbocycles. The lowest BCUT2D eigenvalue weighted by atomic mass is 10.0. The fraction of sp³-hybridized carbons (Fsp3) is 0.708. The Labute approximate surface area is 172 Å². The van der Waals surface area contributed by atoms with E-state index < -0.39 is 12.0 Å². The molecule has 0 spiro atoms. The molecule has 0 bridgehead atoms. The van der Waals surface area contributed by atoms with Crippen molar-refractivity contribution in [3.8, 4) is 0 Å². The summed E-state index contributed by atoms with van der Waals surface area (Å²) < 4.78 is 5.72. The summed E-state index contributed by atoms with van der Waals surface area (Å²) >= 11 is 0. The van der Waals surface area contributed by atoms with Crippen LogP contribution in [0.15, 0.2) is 30.3 Å². The summed E-state index contributed by atoms with van der Waals surface area (Å²) in [6, 6.07) is 8.38. The minimum atomic E-state index is -0.826. The number of hydroxylamine groups is 1. The third kappa shape index (κ3) is 10.8. The minimum Gasteiger partial charge on any atom is -0.461 e. The van der Waals surface area contributed by atoms with Gasteiger partial charge in [0.25, 0.3) is 0 Å². The number of ether oxygens (including phenoxy) is 1. The summed E-state index contributed by atoms with van der Waals surface area (Å²) in [6.45, 7) is 4.36. The lowest BCUT2D eigenvalue weighted by molar-refractivity contribution is -0.155. The first-order valence-electron chi connectivity index (χ1n) is 11.4. The molecular weight excluding hydrogens is 350 g/mol. The van der Waals surface area contributed by atoms with E-state index in [0.29, 0.717) is 5.56 Å². The molecule has 28 heavy (non-hydrogen) atoms. The van der Waals surface area contributed by atoms with Crippen molar-refractivity contribution >= 4 is 5.97 Å². The molecule has 0 aliphatic heterocycles. The highest BCUT2D eigenvalue weighted by atomic mass is 16.6. The largest absolute Gasteiger partial charge is 0.461 e. The van der Waals surface area contributed by atoms with Crippen molar-refractivity contribution in [2.45, 2.75) is 109 Å². The predicted octanol–water partition coefficient (Wildman–Crippen LogP) is 6.73. The van der Waals surface area contributed by atoms with Crippen molar-refractivity contribution in [1.29, 1.82) is 0 Å². The lowest BCUT2D eigenvalue weighted by Crippen LogP contribution is -2.31. The molecule has 0 heterocycles. The fourth-order valence-corrected chi connectivity index (χ4v) is 3.58. The molecule has 1 rings (SSSR count). The Bertz CT molecular complexity index is 492. The molecule has 0 aliphatic rings. The number of carbonyl (C=O) groups is 1. The average Bonchev–Trinajstić information content (AvgIpc) is 2.71. The number of benzene rings is 1. The van der Waals surface area contributed by atoms with Crippen molar-refractivity contribution in [2.75, 3.05) is 0 Å². The van der Waals surface area contributed by atoms with Crippen molar-refractivity contribution in [2.24, 2.45) is 0 Å². The summed E-state index contributed by atoms with van der Waals surface area (Å²) in [6.07, 6.45) is 15.7. The van der Waals surface area contributed by atoms with Gasteiger partial charge in [-0.2, -0.15) is 5.48 Å². The minimum absolute atomic E-state index is 0.0638. The number of hydrogen-bond donors (Lipinski definition) is 2. The molecule has 0 fully saturated rings. The highest BCUT2D eigenvalue weighted by Gasteiger charge is 2.24. The highest BCUT2D eigenvalue weighted by molar-refractivity contribution is 5.77. The van der Waals surface area contributed by atoms with Gasteiger partial charge in [0.1, 0.15) is 6.10 Å². The number of unbranched alkanes of at least 4 members (excludes halogenated alkanes) is 9. The third-order valence-electron chi connectivity index (χ3n) is 5.27. The standard InChI is InChI=1S/C24H41NO3/c1-3-5-6-7-8-9-10-11-12-16-20-22(17-4-2)28-24(26)23(25-27)21-18-14-13-15-19-21/h13-15,18-19,22-23,25,27H,3-12,16-17,20H2,1-2H3. The normalized spacial score (nSPS) is 13.2. The van der Waals surface area contributed by atoms with E-state index in [0.717, 1.165) is 25.7 Å². The van der Waals surface area contributed by atoms with Gasteiger partial charge >= 0.3 is 5.97 Å². The predicted molar refractivity (Wildman–Crippen MR) is 115 cm³/mol. The summed E-state index contributed by atoms with van der Waals surface area (Å²) in [5.74, 6) is -0.403. The van der Waals surface area contributed by atoms with Crippen LogP contribution in [0.25, 0.3) is 0 Å². The number of esters is 1. The molecule has 0 amide bonds. The Morgan fingerprint density at radius 1 is 0.857 bits per heavy atom. The number of rotatable bonds is 17. The van der Waals surface area contributed by atoms with Gasteiger partial charge in [0.15, 0.2) is 6.04 Å². The maximum Gasteiger partial charge on any atom is 0.330 e. The molecule has 2 unspecified atom stereocenters. The van der Waals surface area contributed by atoms with Gasteiger partial charge in [-0.05, 0) is 24.8 Å². The van der Waals surface area contributed by atoms with Crippen LogP contribution in [0.2, 0.25) is 0 Å². The van der Waals surface area contributed by atoms with E-state index in [1.807, 2.05) is 30.3 Å². The third-order valence-corrected chi connectivity index (χ3v) is 5.27. The van der Waals surface area contributed by atoms with Crippen LogP contribution >= 0.6 is 0 Å². The van der Waals surface area contributed by atoms with Crippen molar-refractivity contribution in [1.82, 2.24) is 5.48 Å². The molecule has 2 N–H and O–H groups in total. The van der Waals surface area contributed by atoms with Gasteiger partial charge in [-0.1, -0.05) is 108 Å². The molecule has 1 aromatic carbocycles. The first-order valence-corrected chi connectivity index (χ1v) is 11.4. The lowest BCUT2D eigenvalue weighted by Gasteiger charge is -2.21. The van der Waals surface area contributed by atoms with Crippen LogP contribution in [-0.2, 0) is 9.53 Å². The quantitative estimate of drug-likeness (QED) is 0.176. The monoisotopic (exact) mass is 391 g/mol. The molecule has 0 aromatic heterocycles. The fourth-order valence-electron chi connectivity index (χ4n) is 3.58. The van der Waals surface area contributed by atoms with E-state index in [1.165, 1.54) is 57.8 Å². The summed E-state index contributed by atoms with van der Waals surface area (Å²) in [7, 11) is 0. The topological polar surface area (TPSA) is 58.6 Å². The van der Waals surface area contributed by atoms with Crippen LogP contribution in [-0.4, -0.2) is 17.3 Å². The van der Waals surface area contributed by atoms with Crippen LogP contribution in [0.3, 0.4) is 0 Å². The molecule has 0 aliphatic carbocycles. The molecule has 4 heteroatoms. The van der Waals surface area contributed by atoms with Crippen molar-refractivity contribution in [3.05, 3.63) is 35.9 Å². The second-order valence-electron chi connectivity index (χ2n) is 7.79. The van der Waals surface area contributed by atoms with E-state index >= 15 is 0 Å². The Balaban J connectivity index is 2.26. The Morgan fingerprint density at radius 3 is 1.96 bits per heavy atom. The number of nitrogens with one attached hydrogen (secondary N) is 1. The maximum absolute atomic E-state index is 12.5. The van der Waals surface area contributed by atoms with Gasteiger partial charge in [-0.25, -0.2) is 4.79 Å². The molecule has 2 atom stereocenters. The Kier molecular flexibility index (Phi) is 14.6. The first kappa shape index (κ1) is 24.6. The van der Waals surface area contributed by atoms with Crippen molar-refractivity contribution in [3.63, 3.8) is 0 Å². The van der Waals surface area contributed by atoms with Gasteiger partial charge in [-0.15, -0.1) is 0 Å².